The summed E-state index contributed by atoms with van der Waals surface area (Å²) in [6, 6.07) is -0.967. The Morgan fingerprint density at radius 1 is 0.926 bits per heavy atom. The molecule has 10 heteroatoms. The zero-order chi connectivity index (χ0) is 21.3. The molecule has 156 valence electrons. The number of carbonyl (C=O) groups is 4. The van der Waals surface area contributed by atoms with Gasteiger partial charge >= 0.3 is 18.2 Å². The van der Waals surface area contributed by atoms with Gasteiger partial charge in [-0.1, -0.05) is 0 Å². The van der Waals surface area contributed by atoms with Gasteiger partial charge in [-0.25, -0.2) is 14.4 Å². The average molecular weight is 389 g/mol. The largest absolute Gasteiger partial charge is 0.516 e. The lowest BCUT2D eigenvalue weighted by Gasteiger charge is -2.21. The molecule has 0 rings (SSSR count). The maximum Gasteiger partial charge on any atom is 0.516 e. The topological polar surface area (TPSA) is 146 Å². The van der Waals surface area contributed by atoms with Gasteiger partial charge in [0.05, 0.1) is 0 Å². The zero-order valence-electron chi connectivity index (χ0n) is 16.8. The molecule has 10 nitrogen and oxygen atoms in total. The van der Waals surface area contributed by atoms with E-state index in [1.807, 2.05) is 0 Å². The van der Waals surface area contributed by atoms with E-state index in [2.05, 4.69) is 15.4 Å². The van der Waals surface area contributed by atoms with Crippen molar-refractivity contribution in [3.05, 3.63) is 0 Å². The smallest absolute Gasteiger partial charge is 0.444 e. The minimum Gasteiger partial charge on any atom is -0.444 e. The molecule has 0 aromatic carbocycles. The maximum absolute atomic E-state index is 12.1. The van der Waals surface area contributed by atoms with E-state index < -0.39 is 41.4 Å². The van der Waals surface area contributed by atoms with Crippen molar-refractivity contribution in [2.45, 2.75) is 71.6 Å². The lowest BCUT2D eigenvalue weighted by molar-refractivity contribution is -0.144. The van der Waals surface area contributed by atoms with Crippen LogP contribution in [0.3, 0.4) is 0 Å². The van der Waals surface area contributed by atoms with Gasteiger partial charge in [-0.15, -0.1) is 0 Å². The van der Waals surface area contributed by atoms with Crippen LogP contribution in [-0.2, 0) is 23.8 Å². The van der Waals surface area contributed by atoms with Crippen LogP contribution in [0, 0.1) is 0 Å². The van der Waals surface area contributed by atoms with Gasteiger partial charge in [0.25, 0.3) is 0 Å². The van der Waals surface area contributed by atoms with Crippen molar-refractivity contribution in [1.29, 1.82) is 0 Å². The van der Waals surface area contributed by atoms with E-state index in [1.165, 1.54) is 0 Å². The molecule has 0 fully saturated rings. The molecule has 0 aromatic heterocycles. The van der Waals surface area contributed by atoms with Crippen LogP contribution in [0.1, 0.15) is 54.4 Å². The lowest BCUT2D eigenvalue weighted by Crippen LogP contribution is -2.44. The second-order valence-electron chi connectivity index (χ2n) is 7.83. The molecule has 2 amide bonds. The van der Waals surface area contributed by atoms with Gasteiger partial charge in [-0.2, -0.15) is 0 Å². The number of hydrogen-bond acceptors (Lipinski definition) is 8. The molecule has 0 saturated heterocycles. The van der Waals surface area contributed by atoms with Crippen LogP contribution in [0.4, 0.5) is 9.59 Å². The molecule has 0 aliphatic rings. The predicted molar refractivity (Wildman–Crippen MR) is 96.8 cm³/mol. The van der Waals surface area contributed by atoms with Crippen molar-refractivity contribution >= 4 is 24.1 Å². The SMILES string of the molecule is CC(C)(C)OC(=O)NCCN[C@@H](CCC(N)=O)C(=O)OC(=O)OC(C)(C)C. The second kappa shape index (κ2) is 10.7. The van der Waals surface area contributed by atoms with Gasteiger partial charge in [0.2, 0.25) is 5.91 Å². The number of carbonyl (C=O) groups excluding carboxylic acids is 4. The van der Waals surface area contributed by atoms with Crippen molar-refractivity contribution in [3.8, 4) is 0 Å². The predicted octanol–water partition coefficient (Wildman–Crippen LogP) is 1.21. The highest BCUT2D eigenvalue weighted by Gasteiger charge is 2.26. The summed E-state index contributed by atoms with van der Waals surface area (Å²) in [5, 5.41) is 5.31. The van der Waals surface area contributed by atoms with E-state index >= 15 is 0 Å². The summed E-state index contributed by atoms with van der Waals surface area (Å²) < 4.78 is 14.6. The first-order chi connectivity index (χ1) is 12.2. The van der Waals surface area contributed by atoms with Crippen molar-refractivity contribution in [1.82, 2.24) is 10.6 Å². The fourth-order valence-corrected chi connectivity index (χ4v) is 1.74. The molecule has 0 spiro atoms. The quantitative estimate of drug-likeness (QED) is 0.319. The highest BCUT2D eigenvalue weighted by Crippen LogP contribution is 2.09. The van der Waals surface area contributed by atoms with Gasteiger partial charge in [0.1, 0.15) is 17.2 Å². The molecule has 0 aliphatic carbocycles. The van der Waals surface area contributed by atoms with Crippen LogP contribution in [0.5, 0.6) is 0 Å². The van der Waals surface area contributed by atoms with Crippen LogP contribution in [-0.4, -0.2) is 54.5 Å². The Balaban J connectivity index is 4.54. The third-order valence-electron chi connectivity index (χ3n) is 2.72. The summed E-state index contributed by atoms with van der Waals surface area (Å²) >= 11 is 0. The number of primary amides is 1. The highest BCUT2D eigenvalue weighted by molar-refractivity contribution is 5.86. The van der Waals surface area contributed by atoms with Gasteiger partial charge in [0.15, 0.2) is 0 Å². The number of rotatable bonds is 8. The normalized spacial score (nSPS) is 12.7. The first kappa shape index (κ1) is 24.6. The Hall–Kier alpha value is -2.36. The van der Waals surface area contributed by atoms with Gasteiger partial charge in [-0.3, -0.25) is 4.79 Å². The number of hydrogen-bond donors (Lipinski definition) is 3. The van der Waals surface area contributed by atoms with Crippen LogP contribution in [0.25, 0.3) is 0 Å². The Kier molecular flexibility index (Phi) is 9.77. The van der Waals surface area contributed by atoms with E-state index in [1.54, 1.807) is 41.5 Å². The van der Waals surface area contributed by atoms with Crippen LogP contribution in [0.2, 0.25) is 0 Å². The Morgan fingerprint density at radius 3 is 1.96 bits per heavy atom. The molecular weight excluding hydrogens is 358 g/mol. The summed E-state index contributed by atoms with van der Waals surface area (Å²) in [5.74, 6) is -1.50. The van der Waals surface area contributed by atoms with Crippen molar-refractivity contribution in [2.24, 2.45) is 5.73 Å². The van der Waals surface area contributed by atoms with Crippen LogP contribution >= 0.6 is 0 Å². The molecule has 4 N–H and O–H groups in total. The third kappa shape index (κ3) is 14.5. The molecule has 0 unspecified atom stereocenters. The minimum absolute atomic E-state index is 0.0312. The summed E-state index contributed by atoms with van der Waals surface area (Å²) in [6.45, 7) is 10.4. The van der Waals surface area contributed by atoms with Gasteiger partial charge in [-0.05, 0) is 48.0 Å². The van der Waals surface area contributed by atoms with E-state index in [4.69, 9.17) is 15.2 Å². The molecule has 0 bridgehead atoms. The number of alkyl carbamates (subject to hydrolysis) is 1. The maximum atomic E-state index is 12.1. The molecule has 0 radical (unpaired) electrons. The fraction of sp³-hybridized carbons (Fsp3) is 0.765. The Labute approximate surface area is 159 Å². The minimum atomic E-state index is -1.13. The number of esters is 1. The molecule has 0 saturated carbocycles. The number of amides is 2. The van der Waals surface area contributed by atoms with E-state index in [0.29, 0.717) is 0 Å². The van der Waals surface area contributed by atoms with Crippen molar-refractivity contribution < 1.29 is 33.4 Å². The Morgan fingerprint density at radius 2 is 1.48 bits per heavy atom. The zero-order valence-corrected chi connectivity index (χ0v) is 16.8. The summed E-state index contributed by atoms with van der Waals surface area (Å²) in [4.78, 5) is 46.2. The number of nitrogens with one attached hydrogen (secondary N) is 2. The first-order valence-corrected chi connectivity index (χ1v) is 8.63. The monoisotopic (exact) mass is 389 g/mol. The average Bonchev–Trinajstić information content (AvgIpc) is 2.41. The highest BCUT2D eigenvalue weighted by atomic mass is 16.7. The number of nitrogens with two attached hydrogens (primary N) is 1. The summed E-state index contributed by atoms with van der Waals surface area (Å²) in [5.41, 5.74) is 3.65. The standard InChI is InChI=1S/C17H31N3O7/c1-16(2,3)26-14(23)20-10-9-19-11(7-8-12(18)21)13(22)25-15(24)27-17(4,5)6/h11,19H,7-10H2,1-6H3,(H2,18,21)(H,20,23)/t11-/m0/s1. The van der Waals surface area contributed by atoms with E-state index in [-0.39, 0.29) is 25.9 Å². The molecule has 0 aliphatic heterocycles. The first-order valence-electron chi connectivity index (χ1n) is 8.63. The Bertz CT molecular complexity index is 536. The lowest BCUT2D eigenvalue weighted by atomic mass is 10.1. The van der Waals surface area contributed by atoms with Crippen molar-refractivity contribution in [3.63, 3.8) is 0 Å². The fourth-order valence-electron chi connectivity index (χ4n) is 1.74. The van der Waals surface area contributed by atoms with Crippen LogP contribution in [0.15, 0.2) is 0 Å². The van der Waals surface area contributed by atoms with Gasteiger partial charge in [0, 0.05) is 19.5 Å². The second-order valence-corrected chi connectivity index (χ2v) is 7.83. The summed E-state index contributed by atoms with van der Waals surface area (Å²) in [6.07, 6.45) is -1.79. The number of ether oxygens (including phenoxy) is 3. The summed E-state index contributed by atoms with van der Waals surface area (Å²) in [7, 11) is 0. The van der Waals surface area contributed by atoms with Crippen LogP contribution < -0.4 is 16.4 Å². The third-order valence-corrected chi connectivity index (χ3v) is 2.72. The van der Waals surface area contributed by atoms with Crippen molar-refractivity contribution in [2.75, 3.05) is 13.1 Å². The van der Waals surface area contributed by atoms with E-state index in [0.717, 1.165) is 0 Å². The molecule has 0 aromatic rings. The molecular formula is C17H31N3O7. The molecule has 1 atom stereocenters. The molecule has 27 heavy (non-hydrogen) atoms. The molecule has 0 heterocycles. The van der Waals surface area contributed by atoms with Gasteiger partial charge < -0.3 is 30.6 Å². The van der Waals surface area contributed by atoms with E-state index in [9.17, 15) is 19.2 Å².